The summed E-state index contributed by atoms with van der Waals surface area (Å²) in [7, 11) is 0. The standard InChI is InChI=1S/C16H15BrO2/c17-12-6-7-14-15(18)10-13(19-16(14)9-12)8-11-4-2-1-3-5-11/h1-7,9,13,15,18H,8,10H2/t13?,15-/m0/s1. The van der Waals surface area contributed by atoms with Gasteiger partial charge in [0.2, 0.25) is 0 Å². The van der Waals surface area contributed by atoms with Gasteiger partial charge in [0.25, 0.3) is 0 Å². The lowest BCUT2D eigenvalue weighted by molar-refractivity contribution is 0.0662. The van der Waals surface area contributed by atoms with Crippen LogP contribution in [0.25, 0.3) is 0 Å². The van der Waals surface area contributed by atoms with E-state index in [0.717, 1.165) is 22.2 Å². The van der Waals surface area contributed by atoms with E-state index in [2.05, 4.69) is 28.1 Å². The Morgan fingerprint density at radius 3 is 2.74 bits per heavy atom. The number of benzene rings is 2. The molecule has 0 saturated carbocycles. The van der Waals surface area contributed by atoms with Crippen LogP contribution in [-0.2, 0) is 6.42 Å². The number of rotatable bonds is 2. The van der Waals surface area contributed by atoms with Crippen LogP contribution in [0.4, 0.5) is 0 Å². The zero-order valence-corrected chi connectivity index (χ0v) is 12.0. The average Bonchev–Trinajstić information content (AvgIpc) is 2.39. The number of hydrogen-bond donors (Lipinski definition) is 1. The summed E-state index contributed by atoms with van der Waals surface area (Å²) in [6, 6.07) is 16.0. The maximum atomic E-state index is 10.2. The first-order chi connectivity index (χ1) is 9.22. The third-order valence-corrected chi connectivity index (χ3v) is 3.91. The molecule has 1 heterocycles. The quantitative estimate of drug-likeness (QED) is 0.910. The van der Waals surface area contributed by atoms with Crippen molar-refractivity contribution in [2.45, 2.75) is 25.0 Å². The first kappa shape index (κ1) is 12.7. The molecule has 19 heavy (non-hydrogen) atoms. The van der Waals surface area contributed by atoms with Gasteiger partial charge in [-0.05, 0) is 17.7 Å². The molecular formula is C16H15BrO2. The predicted molar refractivity (Wildman–Crippen MR) is 78.3 cm³/mol. The molecule has 0 aliphatic carbocycles. The van der Waals surface area contributed by atoms with Gasteiger partial charge in [0.05, 0.1) is 6.10 Å². The molecule has 3 heteroatoms. The fourth-order valence-electron chi connectivity index (χ4n) is 2.49. The fraction of sp³-hybridized carbons (Fsp3) is 0.250. The molecule has 2 atom stereocenters. The van der Waals surface area contributed by atoms with E-state index in [1.54, 1.807) is 0 Å². The maximum absolute atomic E-state index is 10.2. The zero-order chi connectivity index (χ0) is 13.2. The summed E-state index contributed by atoms with van der Waals surface area (Å²) in [5.74, 6) is 0.786. The van der Waals surface area contributed by atoms with Crippen LogP contribution in [0.3, 0.4) is 0 Å². The Hall–Kier alpha value is -1.32. The van der Waals surface area contributed by atoms with E-state index < -0.39 is 6.10 Å². The minimum absolute atomic E-state index is 0.0270. The summed E-state index contributed by atoms with van der Waals surface area (Å²) in [5.41, 5.74) is 2.12. The summed E-state index contributed by atoms with van der Waals surface area (Å²) in [6.45, 7) is 0. The van der Waals surface area contributed by atoms with Crippen molar-refractivity contribution in [2.75, 3.05) is 0 Å². The van der Waals surface area contributed by atoms with E-state index in [9.17, 15) is 5.11 Å². The second kappa shape index (κ2) is 5.35. The number of aliphatic hydroxyl groups is 1. The Balaban J connectivity index is 1.81. The van der Waals surface area contributed by atoms with Crippen molar-refractivity contribution in [3.8, 4) is 5.75 Å². The first-order valence-electron chi connectivity index (χ1n) is 6.40. The van der Waals surface area contributed by atoms with Gasteiger partial charge in [-0.3, -0.25) is 0 Å². The van der Waals surface area contributed by atoms with Crippen LogP contribution in [-0.4, -0.2) is 11.2 Å². The normalized spacial score (nSPS) is 21.6. The molecule has 98 valence electrons. The Morgan fingerprint density at radius 1 is 1.16 bits per heavy atom. The van der Waals surface area contributed by atoms with Crippen LogP contribution in [0, 0.1) is 0 Å². The zero-order valence-electron chi connectivity index (χ0n) is 10.4. The van der Waals surface area contributed by atoms with Crippen molar-refractivity contribution < 1.29 is 9.84 Å². The molecule has 0 saturated heterocycles. The van der Waals surface area contributed by atoms with Gasteiger partial charge in [0, 0.05) is 22.9 Å². The van der Waals surface area contributed by atoms with E-state index in [-0.39, 0.29) is 6.10 Å². The lowest BCUT2D eigenvalue weighted by atomic mass is 9.95. The molecule has 2 aromatic carbocycles. The van der Waals surface area contributed by atoms with Gasteiger partial charge in [-0.1, -0.05) is 52.3 Å². The van der Waals surface area contributed by atoms with E-state index in [1.807, 2.05) is 36.4 Å². The summed E-state index contributed by atoms with van der Waals surface area (Å²) in [6.07, 6.45) is 1.05. The molecule has 2 aromatic rings. The van der Waals surface area contributed by atoms with Crippen molar-refractivity contribution >= 4 is 15.9 Å². The van der Waals surface area contributed by atoms with Crippen LogP contribution in [0.1, 0.15) is 23.7 Å². The first-order valence-corrected chi connectivity index (χ1v) is 7.20. The highest BCUT2D eigenvalue weighted by molar-refractivity contribution is 9.10. The van der Waals surface area contributed by atoms with E-state index >= 15 is 0 Å². The maximum Gasteiger partial charge on any atom is 0.126 e. The van der Waals surface area contributed by atoms with Crippen LogP contribution in [0.2, 0.25) is 0 Å². The topological polar surface area (TPSA) is 29.5 Å². The van der Waals surface area contributed by atoms with Crippen molar-refractivity contribution in [2.24, 2.45) is 0 Å². The number of hydrogen-bond acceptors (Lipinski definition) is 2. The number of fused-ring (bicyclic) bond motifs is 1. The van der Waals surface area contributed by atoms with Crippen molar-refractivity contribution in [3.05, 3.63) is 64.1 Å². The van der Waals surface area contributed by atoms with Crippen molar-refractivity contribution in [1.82, 2.24) is 0 Å². The molecule has 0 amide bonds. The van der Waals surface area contributed by atoms with E-state index in [4.69, 9.17) is 4.74 Å². The minimum atomic E-state index is -0.439. The van der Waals surface area contributed by atoms with Crippen LogP contribution in [0.5, 0.6) is 5.75 Å². The van der Waals surface area contributed by atoms with Gasteiger partial charge in [0.15, 0.2) is 0 Å². The lowest BCUT2D eigenvalue weighted by Crippen LogP contribution is -2.27. The summed E-state index contributed by atoms with van der Waals surface area (Å²) in [4.78, 5) is 0. The second-order valence-electron chi connectivity index (χ2n) is 4.86. The van der Waals surface area contributed by atoms with Crippen molar-refractivity contribution in [1.29, 1.82) is 0 Å². The fourth-order valence-corrected chi connectivity index (χ4v) is 2.83. The third-order valence-electron chi connectivity index (χ3n) is 3.42. The molecule has 1 aliphatic rings. The van der Waals surface area contributed by atoms with Crippen LogP contribution < -0.4 is 4.74 Å². The lowest BCUT2D eigenvalue weighted by Gasteiger charge is -2.30. The summed E-state index contributed by atoms with van der Waals surface area (Å²) in [5, 5.41) is 10.2. The third kappa shape index (κ3) is 2.82. The van der Waals surface area contributed by atoms with Gasteiger partial charge in [-0.25, -0.2) is 0 Å². The van der Waals surface area contributed by atoms with Crippen molar-refractivity contribution in [3.63, 3.8) is 0 Å². The number of halogens is 1. The molecule has 0 fully saturated rings. The largest absolute Gasteiger partial charge is 0.490 e. The molecule has 1 N–H and O–H groups in total. The van der Waals surface area contributed by atoms with Gasteiger partial charge in [-0.2, -0.15) is 0 Å². The highest BCUT2D eigenvalue weighted by Gasteiger charge is 2.26. The summed E-state index contributed by atoms with van der Waals surface area (Å²) < 4.78 is 6.97. The minimum Gasteiger partial charge on any atom is -0.490 e. The Kier molecular flexibility index (Phi) is 3.58. The average molecular weight is 319 g/mol. The Morgan fingerprint density at radius 2 is 1.95 bits per heavy atom. The molecule has 1 unspecified atom stereocenters. The molecule has 0 aromatic heterocycles. The monoisotopic (exact) mass is 318 g/mol. The van der Waals surface area contributed by atoms with Gasteiger partial charge < -0.3 is 9.84 Å². The second-order valence-corrected chi connectivity index (χ2v) is 5.78. The summed E-state index contributed by atoms with van der Waals surface area (Å²) >= 11 is 3.44. The van der Waals surface area contributed by atoms with Gasteiger partial charge in [-0.15, -0.1) is 0 Å². The Labute approximate surface area is 121 Å². The van der Waals surface area contributed by atoms with E-state index in [1.165, 1.54) is 5.56 Å². The molecule has 3 rings (SSSR count). The molecule has 1 aliphatic heterocycles. The highest BCUT2D eigenvalue weighted by atomic mass is 79.9. The molecular weight excluding hydrogens is 304 g/mol. The van der Waals surface area contributed by atoms with E-state index in [0.29, 0.717) is 6.42 Å². The molecule has 2 nitrogen and oxygen atoms in total. The van der Waals surface area contributed by atoms with Gasteiger partial charge >= 0.3 is 0 Å². The molecule has 0 bridgehead atoms. The molecule has 0 radical (unpaired) electrons. The Bertz CT molecular complexity index is 568. The smallest absolute Gasteiger partial charge is 0.126 e. The molecule has 0 spiro atoms. The number of ether oxygens (including phenoxy) is 1. The van der Waals surface area contributed by atoms with Gasteiger partial charge in [0.1, 0.15) is 11.9 Å². The number of aliphatic hydroxyl groups excluding tert-OH is 1. The highest BCUT2D eigenvalue weighted by Crippen LogP contribution is 2.37. The van der Waals surface area contributed by atoms with Crippen LogP contribution in [0.15, 0.2) is 53.0 Å². The van der Waals surface area contributed by atoms with Crippen LogP contribution >= 0.6 is 15.9 Å². The SMILES string of the molecule is O[C@H]1CC(Cc2ccccc2)Oc2cc(Br)ccc21. The predicted octanol–water partition coefficient (Wildman–Crippen LogP) is 3.88.